The fraction of sp³-hybridized carbons (Fsp3) is 0.391. The molecule has 0 radical (unpaired) electrons. The molecule has 0 spiro atoms. The number of fused-ring (bicyclic) bond motifs is 2. The van der Waals surface area contributed by atoms with Crippen LogP contribution < -0.4 is 15.4 Å². The zero-order chi connectivity index (χ0) is 24.8. The van der Waals surface area contributed by atoms with Gasteiger partial charge in [-0.05, 0) is 54.6 Å². The van der Waals surface area contributed by atoms with Gasteiger partial charge in [0, 0.05) is 18.4 Å². The maximum atomic E-state index is 13.8. The van der Waals surface area contributed by atoms with Gasteiger partial charge in [0.1, 0.15) is 10.5 Å². The van der Waals surface area contributed by atoms with Gasteiger partial charge in [-0.15, -0.1) is 0 Å². The third-order valence-electron chi connectivity index (χ3n) is 6.06. The first-order chi connectivity index (χ1) is 16.7. The summed E-state index contributed by atoms with van der Waals surface area (Å²) in [6, 6.07) is 5.32. The van der Waals surface area contributed by atoms with Crippen molar-refractivity contribution in [2.45, 2.75) is 43.8 Å². The van der Waals surface area contributed by atoms with E-state index >= 15 is 0 Å². The Hall–Kier alpha value is -2.70. The van der Waals surface area contributed by atoms with Crippen LogP contribution in [0.2, 0.25) is 0 Å². The van der Waals surface area contributed by atoms with Crippen LogP contribution in [-0.4, -0.2) is 37.3 Å². The minimum absolute atomic E-state index is 0.00366. The molecule has 2 aliphatic heterocycles. The lowest BCUT2D eigenvalue weighted by Crippen LogP contribution is -2.24. The summed E-state index contributed by atoms with van der Waals surface area (Å²) in [5, 5.41) is 6.52. The Kier molecular flexibility index (Phi) is 6.22. The Morgan fingerprint density at radius 1 is 1.23 bits per heavy atom. The van der Waals surface area contributed by atoms with Crippen LogP contribution in [0.5, 0.6) is 5.06 Å². The van der Waals surface area contributed by atoms with E-state index in [-0.39, 0.29) is 38.8 Å². The molecule has 12 heteroatoms. The molecule has 186 valence electrons. The Morgan fingerprint density at radius 3 is 2.83 bits per heavy atom. The fourth-order valence-corrected chi connectivity index (χ4v) is 7.11. The highest BCUT2D eigenvalue weighted by Gasteiger charge is 2.37. The summed E-state index contributed by atoms with van der Waals surface area (Å²) < 4.78 is 72.2. The van der Waals surface area contributed by atoms with E-state index in [0.29, 0.717) is 6.42 Å². The smallest absolute Gasteiger partial charge is 0.420 e. The third-order valence-corrected chi connectivity index (χ3v) is 9.04. The number of sulfone groups is 1. The first-order valence-corrected chi connectivity index (χ1v) is 13.7. The lowest BCUT2D eigenvalue weighted by Gasteiger charge is -2.21. The zero-order valence-corrected chi connectivity index (χ0v) is 20.5. The first-order valence-electron chi connectivity index (χ1n) is 11.2. The number of ether oxygens (including phenoxy) is 1. The molecule has 2 aliphatic rings. The second-order valence-corrected chi connectivity index (χ2v) is 11.5. The summed E-state index contributed by atoms with van der Waals surface area (Å²) in [5.41, 5.74) is 2.69. The van der Waals surface area contributed by atoms with Crippen molar-refractivity contribution in [3.05, 3.63) is 46.6 Å². The number of nitrogens with zero attached hydrogens (tertiary/aromatic N) is 2. The summed E-state index contributed by atoms with van der Waals surface area (Å²) in [4.78, 5) is 8.12. The molecule has 4 heterocycles. The van der Waals surface area contributed by atoms with Gasteiger partial charge in [-0.25, -0.2) is 18.4 Å². The summed E-state index contributed by atoms with van der Waals surface area (Å²) in [6.45, 7) is 3.81. The topological polar surface area (TPSA) is 93.2 Å². The molecule has 0 aliphatic carbocycles. The van der Waals surface area contributed by atoms with Crippen LogP contribution in [0.1, 0.15) is 35.6 Å². The van der Waals surface area contributed by atoms with Crippen LogP contribution in [0.25, 0.3) is 10.6 Å². The van der Waals surface area contributed by atoms with Gasteiger partial charge in [0.05, 0.1) is 22.9 Å². The number of thiophene rings is 1. The van der Waals surface area contributed by atoms with E-state index in [0.717, 1.165) is 54.7 Å². The average molecular weight is 525 g/mol. The number of benzene rings is 1. The van der Waals surface area contributed by atoms with Gasteiger partial charge >= 0.3 is 6.18 Å². The molecule has 0 saturated heterocycles. The Morgan fingerprint density at radius 2 is 2.06 bits per heavy atom. The molecule has 35 heavy (non-hydrogen) atoms. The van der Waals surface area contributed by atoms with Crippen LogP contribution in [0.15, 0.2) is 29.3 Å². The molecule has 3 aromatic rings. The minimum Gasteiger partial charge on any atom is -0.483 e. The lowest BCUT2D eigenvalue weighted by atomic mass is 9.96. The van der Waals surface area contributed by atoms with Crippen molar-refractivity contribution in [2.75, 3.05) is 24.2 Å². The molecule has 2 N–H and O–H groups in total. The molecule has 0 atom stereocenters. The first kappa shape index (κ1) is 24.0. The van der Waals surface area contributed by atoms with E-state index in [1.165, 1.54) is 17.2 Å². The number of aromatic nitrogens is 2. The maximum absolute atomic E-state index is 13.8. The monoisotopic (exact) mass is 524 g/mol. The van der Waals surface area contributed by atoms with Gasteiger partial charge in [-0.1, -0.05) is 24.3 Å². The number of aryl methyl sites for hydroxylation is 1. The van der Waals surface area contributed by atoms with Gasteiger partial charge in [0.25, 0.3) is 0 Å². The van der Waals surface area contributed by atoms with Gasteiger partial charge < -0.3 is 15.4 Å². The highest BCUT2D eigenvalue weighted by molar-refractivity contribution is 7.91. The standard InChI is InChI=1S/C23H23F3N4O3S2/c1-2-13-8-15-11-27-5-4-14(15)9-17(13)29-22-28-12-16(23(24,25)26)20(30-22)18-10-19-21(34-18)33-6-3-7-35(19,31)32/h8-10,12,27H,2-7,11H2,1H3,(H,28,29,30). The zero-order valence-electron chi connectivity index (χ0n) is 18.8. The predicted octanol–water partition coefficient (Wildman–Crippen LogP) is 4.73. The second kappa shape index (κ2) is 9.07. The van der Waals surface area contributed by atoms with Crippen molar-refractivity contribution in [3.8, 4) is 15.6 Å². The van der Waals surface area contributed by atoms with Crippen molar-refractivity contribution < 1.29 is 26.3 Å². The number of nitrogens with one attached hydrogen (secondary N) is 2. The molecule has 0 amide bonds. The van der Waals surface area contributed by atoms with Crippen molar-refractivity contribution in [2.24, 2.45) is 0 Å². The number of halogens is 3. The van der Waals surface area contributed by atoms with E-state index in [1.807, 2.05) is 13.0 Å². The Balaban J connectivity index is 1.58. The summed E-state index contributed by atoms with van der Waals surface area (Å²) in [7, 11) is -3.65. The van der Waals surface area contributed by atoms with E-state index in [2.05, 4.69) is 26.7 Å². The molecule has 0 unspecified atom stereocenters. The average Bonchev–Trinajstić information content (AvgIpc) is 3.20. The largest absolute Gasteiger partial charge is 0.483 e. The van der Waals surface area contributed by atoms with E-state index < -0.39 is 21.6 Å². The number of alkyl halides is 3. The van der Waals surface area contributed by atoms with Crippen LogP contribution in [-0.2, 0) is 35.4 Å². The quantitative estimate of drug-likeness (QED) is 0.510. The molecular weight excluding hydrogens is 501 g/mol. The molecular formula is C23H23F3N4O3S2. The van der Waals surface area contributed by atoms with Crippen molar-refractivity contribution in [1.82, 2.24) is 15.3 Å². The molecule has 7 nitrogen and oxygen atoms in total. The highest BCUT2D eigenvalue weighted by Crippen LogP contribution is 2.45. The second-order valence-electron chi connectivity index (χ2n) is 8.42. The summed E-state index contributed by atoms with van der Waals surface area (Å²) >= 11 is 0.849. The van der Waals surface area contributed by atoms with Crippen LogP contribution in [0, 0.1) is 0 Å². The van der Waals surface area contributed by atoms with Gasteiger partial charge in [0.15, 0.2) is 14.9 Å². The number of rotatable bonds is 4. The molecule has 5 rings (SSSR count). The molecule has 0 bridgehead atoms. The minimum atomic E-state index is -4.72. The Labute approximate surface area is 204 Å². The van der Waals surface area contributed by atoms with Crippen LogP contribution in [0.3, 0.4) is 0 Å². The number of hydrogen-bond acceptors (Lipinski definition) is 8. The maximum Gasteiger partial charge on any atom is 0.420 e. The fourth-order valence-electron chi connectivity index (χ4n) is 4.27. The normalized spacial score (nSPS) is 17.1. The van der Waals surface area contributed by atoms with Gasteiger partial charge in [0.2, 0.25) is 5.95 Å². The van der Waals surface area contributed by atoms with Gasteiger partial charge in [-0.3, -0.25) is 0 Å². The highest BCUT2D eigenvalue weighted by atomic mass is 32.2. The Bertz CT molecular complexity index is 1390. The molecule has 1 aromatic carbocycles. The van der Waals surface area contributed by atoms with Gasteiger partial charge in [-0.2, -0.15) is 13.2 Å². The van der Waals surface area contributed by atoms with Crippen molar-refractivity contribution in [3.63, 3.8) is 0 Å². The number of anilines is 2. The predicted molar refractivity (Wildman–Crippen MR) is 127 cm³/mol. The molecule has 2 aromatic heterocycles. The summed E-state index contributed by atoms with van der Waals surface area (Å²) in [6.07, 6.45) is -2.09. The van der Waals surface area contributed by atoms with Crippen molar-refractivity contribution in [1.29, 1.82) is 0 Å². The SMILES string of the molecule is CCc1cc2c(cc1Nc1ncc(C(F)(F)F)c(-c3cc4c(s3)OCCCS4(=O)=O)n1)CCNC2. The third kappa shape index (κ3) is 4.74. The van der Waals surface area contributed by atoms with Crippen LogP contribution >= 0.6 is 11.3 Å². The van der Waals surface area contributed by atoms with Crippen molar-refractivity contribution >= 4 is 32.8 Å². The van der Waals surface area contributed by atoms with E-state index in [9.17, 15) is 21.6 Å². The van der Waals surface area contributed by atoms with E-state index in [4.69, 9.17) is 4.74 Å². The van der Waals surface area contributed by atoms with Crippen LogP contribution in [0.4, 0.5) is 24.8 Å². The van der Waals surface area contributed by atoms with E-state index in [1.54, 1.807) is 0 Å². The lowest BCUT2D eigenvalue weighted by molar-refractivity contribution is -0.137. The molecule has 0 fully saturated rings. The number of hydrogen-bond donors (Lipinski definition) is 2. The molecule has 0 saturated carbocycles. The summed E-state index contributed by atoms with van der Waals surface area (Å²) in [5.74, 6) is -0.115.